The van der Waals surface area contributed by atoms with Crippen LogP contribution in [0.5, 0.6) is 5.75 Å². The number of halogens is 1. The average Bonchev–Trinajstić information content (AvgIpc) is 2.28. The molecule has 0 heterocycles. The number of hydrogen-bond donors (Lipinski definition) is 1. The molecule has 0 aliphatic rings. The minimum absolute atomic E-state index is 0.0794. The van der Waals surface area contributed by atoms with Gasteiger partial charge >= 0.3 is 5.97 Å². The second-order valence-electron chi connectivity index (χ2n) is 3.90. The van der Waals surface area contributed by atoms with Crippen molar-refractivity contribution < 1.29 is 18.8 Å². The van der Waals surface area contributed by atoms with Crippen LogP contribution in [0, 0.1) is 0 Å². The van der Waals surface area contributed by atoms with Crippen molar-refractivity contribution in [3.8, 4) is 5.75 Å². The molecule has 0 radical (unpaired) electrons. The van der Waals surface area contributed by atoms with Crippen LogP contribution in [0.2, 0.25) is 0 Å². The highest BCUT2D eigenvalue weighted by Crippen LogP contribution is 2.26. The van der Waals surface area contributed by atoms with Gasteiger partial charge in [-0.2, -0.15) is 0 Å². The fraction of sp³-hybridized carbons (Fsp3) is 0.417. The van der Waals surface area contributed by atoms with Crippen molar-refractivity contribution in [1.82, 2.24) is 0 Å². The van der Waals surface area contributed by atoms with Crippen LogP contribution in [-0.2, 0) is 21.3 Å². The molecule has 18 heavy (non-hydrogen) atoms. The monoisotopic (exact) mass is 334 g/mol. The maximum Gasteiger partial charge on any atom is 0.304 e. The molecule has 1 rings (SSSR count). The Balaban J connectivity index is 2.70. The Morgan fingerprint density at radius 1 is 1.56 bits per heavy atom. The third kappa shape index (κ3) is 4.42. The van der Waals surface area contributed by atoms with E-state index >= 15 is 0 Å². The molecular formula is C12H15BrO4S. The summed E-state index contributed by atoms with van der Waals surface area (Å²) in [5.41, 5.74) is 0.887. The van der Waals surface area contributed by atoms with Crippen LogP contribution in [0.25, 0.3) is 0 Å². The fourth-order valence-corrected chi connectivity index (χ4v) is 3.15. The first-order valence-electron chi connectivity index (χ1n) is 5.35. The molecule has 0 aliphatic heterocycles. The summed E-state index contributed by atoms with van der Waals surface area (Å²) in [6, 6.07) is 5.46. The zero-order valence-electron chi connectivity index (χ0n) is 10.2. The Labute approximate surface area is 117 Å². The highest BCUT2D eigenvalue weighted by atomic mass is 79.9. The van der Waals surface area contributed by atoms with Crippen LogP contribution in [0.3, 0.4) is 0 Å². The van der Waals surface area contributed by atoms with Gasteiger partial charge in [0.05, 0.1) is 18.0 Å². The molecule has 1 N–H and O–H groups in total. The maximum absolute atomic E-state index is 11.9. The van der Waals surface area contributed by atoms with Crippen LogP contribution < -0.4 is 4.74 Å². The lowest BCUT2D eigenvalue weighted by atomic mass is 10.2. The lowest BCUT2D eigenvalue weighted by Gasteiger charge is -2.10. The van der Waals surface area contributed by atoms with E-state index in [1.54, 1.807) is 20.1 Å². The molecule has 0 aliphatic carbocycles. The number of rotatable bonds is 6. The van der Waals surface area contributed by atoms with Crippen molar-refractivity contribution >= 4 is 32.7 Å². The van der Waals surface area contributed by atoms with Crippen molar-refractivity contribution in [1.29, 1.82) is 0 Å². The maximum atomic E-state index is 11.9. The van der Waals surface area contributed by atoms with E-state index in [0.29, 0.717) is 11.5 Å². The van der Waals surface area contributed by atoms with E-state index in [0.717, 1.165) is 10.0 Å². The molecule has 4 nitrogen and oxygen atoms in total. The Hall–Kier alpha value is -0.880. The number of hydrogen-bond acceptors (Lipinski definition) is 3. The van der Waals surface area contributed by atoms with Crippen LogP contribution in [0.4, 0.5) is 0 Å². The van der Waals surface area contributed by atoms with Gasteiger partial charge in [-0.1, -0.05) is 13.0 Å². The Kier molecular flexibility index (Phi) is 5.81. The predicted molar refractivity (Wildman–Crippen MR) is 74.3 cm³/mol. The predicted octanol–water partition coefficient (Wildman–Crippen LogP) is 2.57. The molecule has 6 heteroatoms. The van der Waals surface area contributed by atoms with Gasteiger partial charge < -0.3 is 9.84 Å². The van der Waals surface area contributed by atoms with Gasteiger partial charge in [-0.3, -0.25) is 9.00 Å². The van der Waals surface area contributed by atoms with E-state index in [1.807, 2.05) is 12.1 Å². The molecule has 0 saturated carbocycles. The van der Waals surface area contributed by atoms with Gasteiger partial charge in [-0.15, -0.1) is 0 Å². The summed E-state index contributed by atoms with van der Waals surface area (Å²) < 4.78 is 17.8. The molecule has 100 valence electrons. The Morgan fingerprint density at radius 3 is 2.72 bits per heavy atom. The lowest BCUT2D eigenvalue weighted by Crippen LogP contribution is -2.17. The summed E-state index contributed by atoms with van der Waals surface area (Å²) in [6.07, 6.45) is -0.0794. The third-order valence-corrected chi connectivity index (χ3v) is 4.74. The normalized spacial score (nSPS) is 13.9. The molecule has 1 aromatic carbocycles. The van der Waals surface area contributed by atoms with Crippen LogP contribution >= 0.6 is 15.9 Å². The minimum Gasteiger partial charge on any atom is -0.496 e. The molecule has 2 atom stereocenters. The van der Waals surface area contributed by atoms with Gasteiger partial charge in [0.2, 0.25) is 0 Å². The first-order chi connectivity index (χ1) is 8.43. The number of benzene rings is 1. The first kappa shape index (κ1) is 15.2. The summed E-state index contributed by atoms with van der Waals surface area (Å²) in [7, 11) is 0.381. The number of methoxy groups -OCH3 is 1. The van der Waals surface area contributed by atoms with Crippen LogP contribution in [-0.4, -0.2) is 27.6 Å². The second-order valence-corrected chi connectivity index (χ2v) is 6.61. The molecule has 0 amide bonds. The van der Waals surface area contributed by atoms with Gasteiger partial charge in [-0.25, -0.2) is 0 Å². The topological polar surface area (TPSA) is 63.6 Å². The van der Waals surface area contributed by atoms with E-state index in [9.17, 15) is 9.00 Å². The zero-order valence-corrected chi connectivity index (χ0v) is 12.6. The smallest absolute Gasteiger partial charge is 0.304 e. The molecular weight excluding hydrogens is 320 g/mol. The lowest BCUT2D eigenvalue weighted by molar-refractivity contribution is -0.136. The summed E-state index contributed by atoms with van der Waals surface area (Å²) in [4.78, 5) is 10.5. The summed E-state index contributed by atoms with van der Waals surface area (Å²) in [6.45, 7) is 1.68. The quantitative estimate of drug-likeness (QED) is 0.868. The molecule has 1 aromatic rings. The SMILES string of the molecule is COc1ccc(CS(=O)C(C)CC(=O)O)cc1Br. The Bertz CT molecular complexity index is 461. The first-order valence-corrected chi connectivity index (χ1v) is 7.53. The van der Waals surface area contributed by atoms with Gasteiger partial charge in [-0.05, 0) is 33.6 Å². The highest BCUT2D eigenvalue weighted by Gasteiger charge is 2.15. The number of carboxylic acid groups (broad SMARTS) is 1. The van der Waals surface area contributed by atoms with E-state index in [-0.39, 0.29) is 11.7 Å². The summed E-state index contributed by atoms with van der Waals surface area (Å²) >= 11 is 3.36. The van der Waals surface area contributed by atoms with E-state index < -0.39 is 16.8 Å². The summed E-state index contributed by atoms with van der Waals surface area (Å²) in [5.74, 6) is 0.131. The zero-order chi connectivity index (χ0) is 13.7. The van der Waals surface area contributed by atoms with Gasteiger partial charge in [0.25, 0.3) is 0 Å². The average molecular weight is 335 g/mol. The van der Waals surface area contributed by atoms with Crippen LogP contribution in [0.1, 0.15) is 18.9 Å². The molecule has 2 unspecified atom stereocenters. The second kappa shape index (κ2) is 6.89. The fourth-order valence-electron chi connectivity index (χ4n) is 1.45. The number of ether oxygens (including phenoxy) is 1. The van der Waals surface area contributed by atoms with Gasteiger partial charge in [0.1, 0.15) is 5.75 Å². The van der Waals surface area contributed by atoms with Crippen molar-refractivity contribution in [2.45, 2.75) is 24.3 Å². The van der Waals surface area contributed by atoms with Gasteiger partial charge in [0.15, 0.2) is 0 Å². The van der Waals surface area contributed by atoms with Crippen molar-refractivity contribution in [3.05, 3.63) is 28.2 Å². The van der Waals surface area contributed by atoms with E-state index in [4.69, 9.17) is 9.84 Å². The Morgan fingerprint density at radius 2 is 2.22 bits per heavy atom. The van der Waals surface area contributed by atoms with Crippen LogP contribution in [0.15, 0.2) is 22.7 Å². The molecule has 0 spiro atoms. The number of aliphatic carboxylic acids is 1. The van der Waals surface area contributed by atoms with Gasteiger partial charge in [0, 0.05) is 21.8 Å². The highest BCUT2D eigenvalue weighted by molar-refractivity contribution is 9.10. The molecule has 0 fully saturated rings. The van der Waals surface area contributed by atoms with Crippen molar-refractivity contribution in [2.24, 2.45) is 0 Å². The van der Waals surface area contributed by atoms with Crippen molar-refractivity contribution in [2.75, 3.05) is 7.11 Å². The number of carbonyl (C=O) groups is 1. The third-order valence-electron chi connectivity index (χ3n) is 2.44. The number of carboxylic acids is 1. The molecule has 0 bridgehead atoms. The minimum atomic E-state index is -1.20. The van der Waals surface area contributed by atoms with E-state index in [2.05, 4.69) is 15.9 Å². The standard InChI is InChI=1S/C12H15BrO4S/c1-8(5-12(14)15)18(16)7-9-3-4-11(17-2)10(13)6-9/h3-4,6,8H,5,7H2,1-2H3,(H,14,15). The van der Waals surface area contributed by atoms with Crippen molar-refractivity contribution in [3.63, 3.8) is 0 Å². The van der Waals surface area contributed by atoms with E-state index in [1.165, 1.54) is 0 Å². The summed E-state index contributed by atoms with van der Waals surface area (Å²) in [5, 5.41) is 8.29. The largest absolute Gasteiger partial charge is 0.496 e. The molecule has 0 aromatic heterocycles. The molecule has 0 saturated heterocycles.